The van der Waals surface area contributed by atoms with E-state index in [-0.39, 0.29) is 5.82 Å². The average Bonchev–Trinajstić information content (AvgIpc) is 2.67. The molecule has 1 aromatic heterocycles. The van der Waals surface area contributed by atoms with Crippen molar-refractivity contribution in [3.63, 3.8) is 0 Å². The highest BCUT2D eigenvalue weighted by Gasteiger charge is 2.16. The average molecular weight is 178 g/mol. The highest BCUT2D eigenvalue weighted by molar-refractivity contribution is 5.05. The number of aromatic nitrogens is 3. The SMILES string of the molecule is N#Cc1ncn(C2CCOCC2)n1. The van der Waals surface area contributed by atoms with Crippen LogP contribution in [0.1, 0.15) is 24.7 Å². The van der Waals surface area contributed by atoms with Gasteiger partial charge < -0.3 is 4.74 Å². The molecule has 0 N–H and O–H groups in total. The van der Waals surface area contributed by atoms with Gasteiger partial charge in [-0.2, -0.15) is 5.26 Å². The maximum atomic E-state index is 8.54. The molecule has 5 heteroatoms. The van der Waals surface area contributed by atoms with Crippen LogP contribution in [0.5, 0.6) is 0 Å². The fourth-order valence-corrected chi connectivity index (χ4v) is 1.45. The van der Waals surface area contributed by atoms with Crippen LogP contribution in [0.2, 0.25) is 0 Å². The fraction of sp³-hybridized carbons (Fsp3) is 0.625. The van der Waals surface area contributed by atoms with Crippen LogP contribution in [-0.4, -0.2) is 28.0 Å². The van der Waals surface area contributed by atoms with E-state index in [1.807, 2.05) is 6.07 Å². The second-order valence-electron chi connectivity index (χ2n) is 3.00. The second-order valence-corrected chi connectivity index (χ2v) is 3.00. The molecule has 0 radical (unpaired) electrons. The molecule has 2 heterocycles. The van der Waals surface area contributed by atoms with E-state index in [9.17, 15) is 0 Å². The highest BCUT2D eigenvalue weighted by Crippen LogP contribution is 2.18. The largest absolute Gasteiger partial charge is 0.381 e. The summed E-state index contributed by atoms with van der Waals surface area (Å²) in [6, 6.07) is 2.26. The molecule has 0 saturated carbocycles. The second kappa shape index (κ2) is 3.54. The lowest BCUT2D eigenvalue weighted by atomic mass is 10.1. The molecule has 0 bridgehead atoms. The van der Waals surface area contributed by atoms with E-state index < -0.39 is 0 Å². The standard InChI is InChI=1S/C8H10N4O/c9-5-8-10-6-12(11-8)7-1-3-13-4-2-7/h6-7H,1-4H2. The quantitative estimate of drug-likeness (QED) is 0.628. The van der Waals surface area contributed by atoms with Crippen molar-refractivity contribution in [2.24, 2.45) is 0 Å². The minimum absolute atomic E-state index is 0.242. The Morgan fingerprint density at radius 1 is 1.54 bits per heavy atom. The van der Waals surface area contributed by atoms with Gasteiger partial charge in [0.15, 0.2) is 0 Å². The zero-order chi connectivity index (χ0) is 9.10. The molecule has 1 aromatic rings. The van der Waals surface area contributed by atoms with Gasteiger partial charge in [0.05, 0.1) is 6.04 Å². The summed E-state index contributed by atoms with van der Waals surface area (Å²) in [5, 5.41) is 12.6. The molecule has 1 saturated heterocycles. The van der Waals surface area contributed by atoms with Gasteiger partial charge in [0.1, 0.15) is 12.4 Å². The topological polar surface area (TPSA) is 63.7 Å². The van der Waals surface area contributed by atoms with Gasteiger partial charge in [-0.15, -0.1) is 5.10 Å². The van der Waals surface area contributed by atoms with E-state index in [4.69, 9.17) is 10.00 Å². The summed E-state index contributed by atoms with van der Waals surface area (Å²) in [7, 11) is 0. The first-order valence-electron chi connectivity index (χ1n) is 4.29. The molecule has 68 valence electrons. The van der Waals surface area contributed by atoms with Crippen LogP contribution in [0.25, 0.3) is 0 Å². The number of rotatable bonds is 1. The van der Waals surface area contributed by atoms with Crippen molar-refractivity contribution in [1.29, 1.82) is 5.26 Å². The lowest BCUT2D eigenvalue weighted by Gasteiger charge is -2.21. The molecule has 1 fully saturated rings. The van der Waals surface area contributed by atoms with E-state index in [0.717, 1.165) is 26.1 Å². The molecular formula is C8H10N4O. The third-order valence-electron chi connectivity index (χ3n) is 2.17. The minimum atomic E-state index is 0.242. The molecule has 0 spiro atoms. The summed E-state index contributed by atoms with van der Waals surface area (Å²) in [5.41, 5.74) is 0. The summed E-state index contributed by atoms with van der Waals surface area (Å²) in [6.45, 7) is 1.54. The van der Waals surface area contributed by atoms with Crippen LogP contribution in [-0.2, 0) is 4.74 Å². The van der Waals surface area contributed by atoms with Crippen LogP contribution < -0.4 is 0 Å². The van der Waals surface area contributed by atoms with Crippen molar-refractivity contribution in [1.82, 2.24) is 14.8 Å². The van der Waals surface area contributed by atoms with Crippen molar-refractivity contribution in [3.05, 3.63) is 12.2 Å². The Morgan fingerprint density at radius 2 is 2.31 bits per heavy atom. The summed E-state index contributed by atoms with van der Waals surface area (Å²) < 4.78 is 6.99. The molecule has 0 aromatic carbocycles. The van der Waals surface area contributed by atoms with Crippen LogP contribution >= 0.6 is 0 Å². The Hall–Kier alpha value is -1.41. The number of hydrogen-bond acceptors (Lipinski definition) is 4. The first kappa shape index (κ1) is 8.20. The number of nitrogens with zero attached hydrogens (tertiary/aromatic N) is 4. The molecule has 0 unspecified atom stereocenters. The Kier molecular flexibility index (Phi) is 2.23. The Morgan fingerprint density at radius 3 is 2.92 bits per heavy atom. The molecule has 1 aliphatic heterocycles. The smallest absolute Gasteiger partial charge is 0.252 e. The summed E-state index contributed by atoms with van der Waals surface area (Å²) in [6.07, 6.45) is 3.52. The van der Waals surface area contributed by atoms with Gasteiger partial charge in [-0.05, 0) is 12.8 Å². The molecule has 0 atom stereocenters. The predicted molar refractivity (Wildman–Crippen MR) is 43.8 cm³/mol. The summed E-state index contributed by atoms with van der Waals surface area (Å²) in [5.74, 6) is 0.242. The van der Waals surface area contributed by atoms with E-state index in [1.54, 1.807) is 11.0 Å². The predicted octanol–water partition coefficient (Wildman–Crippen LogP) is 0.501. The highest BCUT2D eigenvalue weighted by atomic mass is 16.5. The van der Waals surface area contributed by atoms with Crippen LogP contribution in [0.15, 0.2) is 6.33 Å². The van der Waals surface area contributed by atoms with Gasteiger partial charge in [-0.1, -0.05) is 0 Å². The maximum absolute atomic E-state index is 8.54. The Balaban J connectivity index is 2.11. The van der Waals surface area contributed by atoms with Crippen molar-refractivity contribution in [2.75, 3.05) is 13.2 Å². The molecule has 0 aliphatic carbocycles. The van der Waals surface area contributed by atoms with Gasteiger partial charge in [0.25, 0.3) is 5.82 Å². The third kappa shape index (κ3) is 1.68. The van der Waals surface area contributed by atoms with Crippen molar-refractivity contribution < 1.29 is 4.74 Å². The Bertz CT molecular complexity index is 321. The minimum Gasteiger partial charge on any atom is -0.381 e. The molecule has 0 amide bonds. The number of nitriles is 1. The van der Waals surface area contributed by atoms with Crippen LogP contribution in [0.3, 0.4) is 0 Å². The molecule has 13 heavy (non-hydrogen) atoms. The first-order chi connectivity index (χ1) is 6.40. The van der Waals surface area contributed by atoms with Crippen LogP contribution in [0, 0.1) is 11.3 Å². The summed E-state index contributed by atoms with van der Waals surface area (Å²) >= 11 is 0. The van der Waals surface area contributed by atoms with Gasteiger partial charge in [-0.25, -0.2) is 9.67 Å². The maximum Gasteiger partial charge on any atom is 0.252 e. The van der Waals surface area contributed by atoms with Gasteiger partial charge in [0.2, 0.25) is 0 Å². The Labute approximate surface area is 75.9 Å². The monoisotopic (exact) mass is 178 g/mol. The zero-order valence-electron chi connectivity index (χ0n) is 7.18. The van der Waals surface area contributed by atoms with E-state index in [2.05, 4.69) is 10.1 Å². The zero-order valence-corrected chi connectivity index (χ0v) is 7.18. The number of hydrogen-bond donors (Lipinski definition) is 0. The van der Waals surface area contributed by atoms with Gasteiger partial charge in [0, 0.05) is 13.2 Å². The van der Waals surface area contributed by atoms with Crippen molar-refractivity contribution >= 4 is 0 Å². The van der Waals surface area contributed by atoms with E-state index in [1.165, 1.54) is 0 Å². The lowest BCUT2D eigenvalue weighted by molar-refractivity contribution is 0.0661. The molecule has 1 aliphatic rings. The fourth-order valence-electron chi connectivity index (χ4n) is 1.45. The van der Waals surface area contributed by atoms with Gasteiger partial charge >= 0.3 is 0 Å². The first-order valence-corrected chi connectivity index (χ1v) is 4.29. The number of ether oxygens (including phenoxy) is 1. The lowest BCUT2D eigenvalue weighted by Crippen LogP contribution is -2.19. The van der Waals surface area contributed by atoms with E-state index >= 15 is 0 Å². The van der Waals surface area contributed by atoms with E-state index in [0.29, 0.717) is 6.04 Å². The van der Waals surface area contributed by atoms with Crippen molar-refractivity contribution in [2.45, 2.75) is 18.9 Å². The van der Waals surface area contributed by atoms with Gasteiger partial charge in [-0.3, -0.25) is 0 Å². The summed E-state index contributed by atoms with van der Waals surface area (Å²) in [4.78, 5) is 3.86. The van der Waals surface area contributed by atoms with Crippen LogP contribution in [0.4, 0.5) is 0 Å². The normalized spacial score (nSPS) is 18.4. The molecule has 5 nitrogen and oxygen atoms in total. The van der Waals surface area contributed by atoms with Crippen molar-refractivity contribution in [3.8, 4) is 6.07 Å². The molecular weight excluding hydrogens is 168 g/mol. The third-order valence-corrected chi connectivity index (χ3v) is 2.17. The molecule has 2 rings (SSSR count).